The Morgan fingerprint density at radius 2 is 1.89 bits per heavy atom. The maximum absolute atomic E-state index is 11.3. The third kappa shape index (κ3) is 2.28. The fourth-order valence-electron chi connectivity index (χ4n) is 3.54. The number of carboxylic acid groups (broad SMARTS) is 1. The van der Waals surface area contributed by atoms with Gasteiger partial charge in [0.25, 0.3) is 0 Å². The maximum atomic E-state index is 11.3. The van der Waals surface area contributed by atoms with Gasteiger partial charge >= 0.3 is 5.97 Å². The van der Waals surface area contributed by atoms with Crippen molar-refractivity contribution < 1.29 is 14.6 Å². The fraction of sp³-hybridized carbons (Fsp3) is 0.929. The number of likely N-dealkylation sites (tertiary alicyclic amines) is 1. The molecule has 2 saturated heterocycles. The Kier molecular flexibility index (Phi) is 3.02. The van der Waals surface area contributed by atoms with E-state index in [9.17, 15) is 9.90 Å². The predicted octanol–water partition coefficient (Wildman–Crippen LogP) is 2.13. The number of hydrogen-bond donors (Lipinski definition) is 1. The average molecular weight is 255 g/mol. The third-order valence-corrected chi connectivity index (χ3v) is 4.49. The van der Waals surface area contributed by atoms with Gasteiger partial charge in [-0.2, -0.15) is 0 Å². The molecular weight excluding hydrogens is 230 g/mol. The first-order chi connectivity index (χ1) is 8.06. The molecular formula is C14H25NO3. The molecule has 1 N–H and O–H groups in total. The first kappa shape index (κ1) is 13.8. The summed E-state index contributed by atoms with van der Waals surface area (Å²) in [6.07, 6.45) is 1.70. The second kappa shape index (κ2) is 3.94. The van der Waals surface area contributed by atoms with Crippen LogP contribution < -0.4 is 0 Å². The molecule has 0 aromatic carbocycles. The lowest BCUT2D eigenvalue weighted by Crippen LogP contribution is -2.46. The number of rotatable bonds is 2. The molecule has 4 nitrogen and oxygen atoms in total. The summed E-state index contributed by atoms with van der Waals surface area (Å²) in [4.78, 5) is 13.6. The molecule has 2 aliphatic heterocycles. The van der Waals surface area contributed by atoms with E-state index in [0.29, 0.717) is 12.6 Å². The minimum absolute atomic E-state index is 0.115. The highest BCUT2D eigenvalue weighted by atomic mass is 16.5. The molecule has 0 saturated carbocycles. The van der Waals surface area contributed by atoms with Crippen LogP contribution in [0.2, 0.25) is 0 Å². The Morgan fingerprint density at radius 3 is 2.28 bits per heavy atom. The van der Waals surface area contributed by atoms with E-state index >= 15 is 0 Å². The van der Waals surface area contributed by atoms with Crippen LogP contribution in [0.25, 0.3) is 0 Å². The van der Waals surface area contributed by atoms with Crippen LogP contribution in [0.3, 0.4) is 0 Å². The van der Waals surface area contributed by atoms with E-state index in [1.807, 2.05) is 6.92 Å². The van der Waals surface area contributed by atoms with Crippen molar-refractivity contribution in [3.05, 3.63) is 0 Å². The molecule has 2 heterocycles. The monoisotopic (exact) mass is 255 g/mol. The van der Waals surface area contributed by atoms with Crippen molar-refractivity contribution in [1.29, 1.82) is 0 Å². The summed E-state index contributed by atoms with van der Waals surface area (Å²) in [5, 5.41) is 9.31. The molecule has 2 fully saturated rings. The summed E-state index contributed by atoms with van der Waals surface area (Å²) in [7, 11) is 0. The van der Waals surface area contributed by atoms with Gasteiger partial charge in [-0.25, -0.2) is 0 Å². The SMILES string of the molecule is CC1(C)CC(N2CCC(C)(C(=O)O)C2)C(C)(C)O1. The molecule has 4 heteroatoms. The van der Waals surface area contributed by atoms with Gasteiger partial charge < -0.3 is 9.84 Å². The lowest BCUT2D eigenvalue weighted by molar-refractivity contribution is -0.147. The van der Waals surface area contributed by atoms with Gasteiger partial charge in [-0.3, -0.25) is 9.69 Å². The zero-order valence-corrected chi connectivity index (χ0v) is 12.1. The smallest absolute Gasteiger partial charge is 0.310 e. The van der Waals surface area contributed by atoms with Gasteiger partial charge in [0.05, 0.1) is 16.6 Å². The standard InChI is InChI=1S/C14H25NO3/c1-12(2)8-10(13(3,4)18-12)15-7-6-14(5,9-15)11(16)17/h10H,6-9H2,1-5H3,(H,16,17). The summed E-state index contributed by atoms with van der Waals surface area (Å²) < 4.78 is 6.10. The highest BCUT2D eigenvalue weighted by Crippen LogP contribution is 2.43. The van der Waals surface area contributed by atoms with Crippen molar-refractivity contribution in [2.75, 3.05) is 13.1 Å². The van der Waals surface area contributed by atoms with Gasteiger partial charge in [0.2, 0.25) is 0 Å². The molecule has 0 radical (unpaired) electrons. The van der Waals surface area contributed by atoms with Gasteiger partial charge in [0.1, 0.15) is 0 Å². The van der Waals surface area contributed by atoms with E-state index in [0.717, 1.165) is 19.4 Å². The summed E-state index contributed by atoms with van der Waals surface area (Å²) in [5.41, 5.74) is -0.910. The summed E-state index contributed by atoms with van der Waals surface area (Å²) >= 11 is 0. The maximum Gasteiger partial charge on any atom is 0.310 e. The van der Waals surface area contributed by atoms with Crippen molar-refractivity contribution in [2.24, 2.45) is 5.41 Å². The summed E-state index contributed by atoms with van der Waals surface area (Å²) in [6.45, 7) is 11.8. The van der Waals surface area contributed by atoms with Crippen LogP contribution in [0, 0.1) is 5.41 Å². The largest absolute Gasteiger partial charge is 0.481 e. The Morgan fingerprint density at radius 1 is 1.28 bits per heavy atom. The molecule has 2 aliphatic rings. The second-order valence-electron chi connectivity index (χ2n) is 7.27. The number of nitrogens with zero attached hydrogens (tertiary/aromatic N) is 1. The van der Waals surface area contributed by atoms with E-state index in [-0.39, 0.29) is 11.2 Å². The van der Waals surface area contributed by atoms with E-state index in [2.05, 4.69) is 32.6 Å². The van der Waals surface area contributed by atoms with E-state index < -0.39 is 11.4 Å². The van der Waals surface area contributed by atoms with Crippen molar-refractivity contribution in [3.8, 4) is 0 Å². The van der Waals surface area contributed by atoms with Gasteiger partial charge in [-0.15, -0.1) is 0 Å². The van der Waals surface area contributed by atoms with Crippen molar-refractivity contribution >= 4 is 5.97 Å². The zero-order chi connectivity index (χ0) is 13.8. The van der Waals surface area contributed by atoms with Crippen molar-refractivity contribution in [2.45, 2.75) is 64.7 Å². The van der Waals surface area contributed by atoms with Crippen LogP contribution in [-0.2, 0) is 9.53 Å². The van der Waals surface area contributed by atoms with Crippen LogP contribution >= 0.6 is 0 Å². The van der Waals surface area contributed by atoms with E-state index in [1.165, 1.54) is 0 Å². The average Bonchev–Trinajstić information content (AvgIpc) is 2.65. The normalized spacial score (nSPS) is 39.1. The van der Waals surface area contributed by atoms with Crippen LogP contribution in [0.1, 0.15) is 47.5 Å². The zero-order valence-electron chi connectivity index (χ0n) is 12.1. The highest BCUT2D eigenvalue weighted by molar-refractivity contribution is 5.74. The minimum atomic E-state index is -0.680. The first-order valence-corrected chi connectivity index (χ1v) is 6.73. The molecule has 2 atom stereocenters. The molecule has 0 amide bonds. The highest BCUT2D eigenvalue weighted by Gasteiger charge is 2.52. The number of ether oxygens (including phenoxy) is 1. The quantitative estimate of drug-likeness (QED) is 0.821. The number of carboxylic acids is 1. The van der Waals surface area contributed by atoms with E-state index in [1.54, 1.807) is 0 Å². The third-order valence-electron chi connectivity index (χ3n) is 4.49. The van der Waals surface area contributed by atoms with Gasteiger partial charge in [0.15, 0.2) is 0 Å². The first-order valence-electron chi connectivity index (χ1n) is 6.73. The van der Waals surface area contributed by atoms with Gasteiger partial charge in [0, 0.05) is 12.6 Å². The van der Waals surface area contributed by atoms with Crippen LogP contribution in [0.4, 0.5) is 0 Å². The van der Waals surface area contributed by atoms with Crippen molar-refractivity contribution in [3.63, 3.8) is 0 Å². The molecule has 2 rings (SSSR count). The number of hydrogen-bond acceptors (Lipinski definition) is 3. The molecule has 2 unspecified atom stereocenters. The topological polar surface area (TPSA) is 49.8 Å². The van der Waals surface area contributed by atoms with Crippen molar-refractivity contribution in [1.82, 2.24) is 4.90 Å². The Labute approximate surface area is 109 Å². The van der Waals surface area contributed by atoms with Crippen LogP contribution in [-0.4, -0.2) is 46.3 Å². The summed E-state index contributed by atoms with van der Waals surface area (Å²) in [6, 6.07) is 0.314. The van der Waals surface area contributed by atoms with Crippen LogP contribution in [0.15, 0.2) is 0 Å². The van der Waals surface area contributed by atoms with E-state index in [4.69, 9.17) is 4.74 Å². The molecule has 0 aliphatic carbocycles. The lowest BCUT2D eigenvalue weighted by atomic mass is 9.89. The number of aliphatic carboxylic acids is 1. The molecule has 18 heavy (non-hydrogen) atoms. The lowest BCUT2D eigenvalue weighted by Gasteiger charge is -2.34. The summed E-state index contributed by atoms with van der Waals surface area (Å²) in [5.74, 6) is -0.680. The minimum Gasteiger partial charge on any atom is -0.481 e. The molecule has 0 aromatic heterocycles. The Hall–Kier alpha value is -0.610. The Bertz CT molecular complexity index is 364. The van der Waals surface area contributed by atoms with Gasteiger partial charge in [-0.05, 0) is 54.0 Å². The number of carbonyl (C=O) groups is 1. The van der Waals surface area contributed by atoms with Gasteiger partial charge in [-0.1, -0.05) is 0 Å². The fourth-order valence-corrected chi connectivity index (χ4v) is 3.54. The Balaban J connectivity index is 2.13. The second-order valence-corrected chi connectivity index (χ2v) is 7.27. The predicted molar refractivity (Wildman–Crippen MR) is 69.6 cm³/mol. The van der Waals surface area contributed by atoms with Crippen LogP contribution in [0.5, 0.6) is 0 Å². The molecule has 104 valence electrons. The molecule has 0 bridgehead atoms. The molecule has 0 aromatic rings. The molecule has 0 spiro atoms.